The molecule has 0 aromatic heterocycles. The summed E-state index contributed by atoms with van der Waals surface area (Å²) in [7, 11) is 0. The highest BCUT2D eigenvalue weighted by molar-refractivity contribution is 6.30. The molecule has 1 aliphatic rings. The Bertz CT molecular complexity index is 808. The van der Waals surface area contributed by atoms with E-state index in [9.17, 15) is 14.7 Å². The number of rotatable bonds is 4. The molecule has 1 heterocycles. The van der Waals surface area contributed by atoms with Crippen molar-refractivity contribution in [2.45, 2.75) is 25.5 Å². The molecule has 2 atom stereocenters. The molecule has 1 aliphatic heterocycles. The minimum Gasteiger partial charge on any atom is -0.481 e. The van der Waals surface area contributed by atoms with Crippen LogP contribution in [-0.4, -0.2) is 34.5 Å². The number of halogens is 1. The number of nitrogens with zero attached hydrogens (tertiary/aromatic N) is 1. The van der Waals surface area contributed by atoms with Crippen molar-refractivity contribution in [1.29, 1.82) is 0 Å². The molecule has 0 fully saturated rings. The van der Waals surface area contributed by atoms with E-state index in [1.165, 1.54) is 4.90 Å². The fourth-order valence-corrected chi connectivity index (χ4v) is 3.22. The lowest BCUT2D eigenvalue weighted by Crippen LogP contribution is -2.45. The van der Waals surface area contributed by atoms with Gasteiger partial charge in [0.1, 0.15) is 5.75 Å². The van der Waals surface area contributed by atoms with Gasteiger partial charge in [-0.3, -0.25) is 9.59 Å². The zero-order valence-electron chi connectivity index (χ0n) is 13.7. The van der Waals surface area contributed by atoms with Gasteiger partial charge in [-0.2, -0.15) is 0 Å². The van der Waals surface area contributed by atoms with Crippen molar-refractivity contribution in [3.8, 4) is 5.75 Å². The maximum Gasteiger partial charge on any atom is 0.312 e. The van der Waals surface area contributed by atoms with Gasteiger partial charge >= 0.3 is 5.97 Å². The average Bonchev–Trinajstić information content (AvgIpc) is 2.60. The van der Waals surface area contributed by atoms with E-state index < -0.39 is 18.0 Å². The van der Waals surface area contributed by atoms with Gasteiger partial charge in [-0.15, -0.1) is 0 Å². The van der Waals surface area contributed by atoms with E-state index in [2.05, 4.69) is 0 Å². The van der Waals surface area contributed by atoms with Crippen LogP contribution in [0.25, 0.3) is 0 Å². The largest absolute Gasteiger partial charge is 0.481 e. The quantitative estimate of drug-likeness (QED) is 0.909. The summed E-state index contributed by atoms with van der Waals surface area (Å²) < 4.78 is 5.67. The summed E-state index contributed by atoms with van der Waals surface area (Å²) in [5.41, 5.74) is 1.62. The molecule has 130 valence electrons. The number of ether oxygens (including phenoxy) is 1. The molecule has 0 saturated heterocycles. The average molecular weight is 360 g/mol. The highest BCUT2D eigenvalue weighted by atomic mass is 35.5. The summed E-state index contributed by atoms with van der Waals surface area (Å²) in [6.45, 7) is 2.16. The summed E-state index contributed by atoms with van der Waals surface area (Å²) in [6.07, 6.45) is -0.738. The van der Waals surface area contributed by atoms with E-state index in [0.717, 1.165) is 11.1 Å². The number of amides is 1. The smallest absolute Gasteiger partial charge is 0.312 e. The van der Waals surface area contributed by atoms with Crippen LogP contribution in [-0.2, 0) is 16.1 Å². The second-order valence-electron chi connectivity index (χ2n) is 6.03. The molecule has 0 aliphatic carbocycles. The molecule has 0 bridgehead atoms. The first kappa shape index (κ1) is 17.3. The van der Waals surface area contributed by atoms with Crippen LogP contribution in [0.15, 0.2) is 48.5 Å². The molecule has 2 aromatic rings. The Balaban J connectivity index is 1.77. The Morgan fingerprint density at radius 2 is 2.00 bits per heavy atom. The van der Waals surface area contributed by atoms with Crippen molar-refractivity contribution in [2.75, 3.05) is 6.54 Å². The van der Waals surface area contributed by atoms with Crippen LogP contribution in [0.2, 0.25) is 5.02 Å². The van der Waals surface area contributed by atoms with Crippen molar-refractivity contribution >= 4 is 23.5 Å². The van der Waals surface area contributed by atoms with Gasteiger partial charge in [0.05, 0.1) is 5.92 Å². The maximum absolute atomic E-state index is 12.7. The molecule has 2 aromatic carbocycles. The van der Waals surface area contributed by atoms with Gasteiger partial charge in [-0.25, -0.2) is 0 Å². The van der Waals surface area contributed by atoms with Gasteiger partial charge in [0.15, 0.2) is 6.10 Å². The first-order chi connectivity index (χ1) is 12.0. The molecule has 6 heteroatoms. The summed E-state index contributed by atoms with van der Waals surface area (Å²) in [4.78, 5) is 25.9. The minimum atomic E-state index is -0.937. The second-order valence-corrected chi connectivity index (χ2v) is 6.46. The number of benzene rings is 2. The predicted octanol–water partition coefficient (Wildman–Crippen LogP) is 3.32. The van der Waals surface area contributed by atoms with Gasteiger partial charge in [0, 0.05) is 18.1 Å². The van der Waals surface area contributed by atoms with Gasteiger partial charge in [0.25, 0.3) is 5.91 Å². The Morgan fingerprint density at radius 3 is 2.72 bits per heavy atom. The van der Waals surface area contributed by atoms with Gasteiger partial charge in [0.2, 0.25) is 0 Å². The van der Waals surface area contributed by atoms with Crippen LogP contribution in [0, 0.1) is 0 Å². The van der Waals surface area contributed by atoms with Crippen LogP contribution in [0.5, 0.6) is 5.75 Å². The lowest BCUT2D eigenvalue weighted by atomic mass is 9.89. The van der Waals surface area contributed by atoms with Crippen LogP contribution in [0.3, 0.4) is 0 Å². The fourth-order valence-electron chi connectivity index (χ4n) is 3.04. The van der Waals surface area contributed by atoms with E-state index in [1.54, 1.807) is 31.2 Å². The van der Waals surface area contributed by atoms with Gasteiger partial charge < -0.3 is 14.7 Å². The summed E-state index contributed by atoms with van der Waals surface area (Å²) in [5.74, 6) is -1.41. The molecule has 1 amide bonds. The minimum absolute atomic E-state index is 0.133. The van der Waals surface area contributed by atoms with Crippen LogP contribution >= 0.6 is 11.6 Å². The van der Waals surface area contributed by atoms with Gasteiger partial charge in [-0.05, 0) is 36.2 Å². The number of fused-ring (bicyclic) bond motifs is 1. The number of carbonyl (C=O) groups is 2. The van der Waals surface area contributed by atoms with Crippen LogP contribution in [0.4, 0.5) is 0 Å². The lowest BCUT2D eigenvalue weighted by Gasteiger charge is -2.34. The molecular weight excluding hydrogens is 342 g/mol. The molecule has 3 rings (SSSR count). The SMILES string of the molecule is CC(Oc1cccc(Cl)c1)C(=O)N1Cc2ccccc2C(C(=O)O)C1. The van der Waals surface area contributed by atoms with E-state index in [0.29, 0.717) is 17.3 Å². The second kappa shape index (κ2) is 7.15. The lowest BCUT2D eigenvalue weighted by molar-refractivity contribution is -0.143. The summed E-state index contributed by atoms with van der Waals surface area (Å²) >= 11 is 5.93. The van der Waals surface area contributed by atoms with E-state index in [4.69, 9.17) is 16.3 Å². The third kappa shape index (κ3) is 3.77. The predicted molar refractivity (Wildman–Crippen MR) is 93.8 cm³/mol. The number of aliphatic carboxylic acids is 1. The Morgan fingerprint density at radius 1 is 1.24 bits per heavy atom. The van der Waals surface area contributed by atoms with Crippen molar-refractivity contribution in [3.05, 3.63) is 64.7 Å². The van der Waals surface area contributed by atoms with Crippen molar-refractivity contribution in [3.63, 3.8) is 0 Å². The monoisotopic (exact) mass is 359 g/mol. The molecule has 1 N–H and O–H groups in total. The number of hydrogen-bond acceptors (Lipinski definition) is 3. The van der Waals surface area contributed by atoms with Crippen molar-refractivity contribution in [2.24, 2.45) is 0 Å². The summed E-state index contributed by atoms with van der Waals surface area (Å²) in [5, 5.41) is 10.0. The van der Waals surface area contributed by atoms with E-state index in [-0.39, 0.29) is 12.5 Å². The van der Waals surface area contributed by atoms with Crippen molar-refractivity contribution < 1.29 is 19.4 Å². The number of hydrogen-bond donors (Lipinski definition) is 1. The first-order valence-corrected chi connectivity index (χ1v) is 8.35. The third-order valence-corrected chi connectivity index (χ3v) is 4.50. The summed E-state index contributed by atoms with van der Waals surface area (Å²) in [6, 6.07) is 14.1. The number of carboxylic acid groups (broad SMARTS) is 1. The molecule has 5 nitrogen and oxygen atoms in total. The van der Waals surface area contributed by atoms with Crippen LogP contribution < -0.4 is 4.74 Å². The highest BCUT2D eigenvalue weighted by Gasteiger charge is 2.34. The Labute approximate surface area is 150 Å². The standard InChI is InChI=1S/C19H18ClNO4/c1-12(25-15-7-4-6-14(20)9-15)18(22)21-10-13-5-2-3-8-16(13)17(11-21)19(23)24/h2-9,12,17H,10-11H2,1H3,(H,23,24). The molecule has 0 saturated carbocycles. The molecule has 2 unspecified atom stereocenters. The zero-order chi connectivity index (χ0) is 18.0. The Hall–Kier alpha value is -2.53. The Kier molecular flexibility index (Phi) is 4.95. The fraction of sp³-hybridized carbons (Fsp3) is 0.263. The normalized spacial score (nSPS) is 17.5. The van der Waals surface area contributed by atoms with E-state index >= 15 is 0 Å². The molecule has 25 heavy (non-hydrogen) atoms. The topological polar surface area (TPSA) is 66.8 Å². The van der Waals surface area contributed by atoms with Gasteiger partial charge in [-0.1, -0.05) is 41.9 Å². The first-order valence-electron chi connectivity index (χ1n) is 7.97. The number of carbonyl (C=O) groups excluding carboxylic acids is 1. The number of carboxylic acids is 1. The van der Waals surface area contributed by atoms with E-state index in [1.807, 2.05) is 24.3 Å². The third-order valence-electron chi connectivity index (χ3n) is 4.26. The maximum atomic E-state index is 12.7. The molecule has 0 spiro atoms. The van der Waals surface area contributed by atoms with Crippen LogP contribution in [0.1, 0.15) is 24.0 Å². The van der Waals surface area contributed by atoms with Crippen molar-refractivity contribution in [1.82, 2.24) is 4.90 Å². The molecule has 0 radical (unpaired) electrons. The molecular formula is C19H18ClNO4. The zero-order valence-corrected chi connectivity index (χ0v) is 14.4. The highest BCUT2D eigenvalue weighted by Crippen LogP contribution is 2.29.